The fraction of sp³-hybridized carbons (Fsp3) is 0.625. The molecule has 2 heteroatoms. The number of halogens is 1. The Morgan fingerprint density at radius 1 is 1.39 bits per heavy atom. The molecule has 0 heterocycles. The highest BCUT2D eigenvalue weighted by Crippen LogP contribution is 2.31. The van der Waals surface area contributed by atoms with E-state index in [-0.39, 0.29) is 0 Å². The van der Waals surface area contributed by atoms with Gasteiger partial charge in [-0.25, -0.2) is 0 Å². The van der Waals surface area contributed by atoms with Crippen LogP contribution in [0.15, 0.2) is 28.7 Å². The second-order valence-corrected chi connectivity index (χ2v) is 6.43. The topological polar surface area (TPSA) is 12.0 Å². The Kier molecular flexibility index (Phi) is 5.71. The van der Waals surface area contributed by atoms with Crippen LogP contribution < -0.4 is 5.32 Å². The van der Waals surface area contributed by atoms with Crippen LogP contribution in [0.2, 0.25) is 0 Å². The Labute approximate surface area is 119 Å². The quantitative estimate of drug-likeness (QED) is 0.779. The Bertz CT molecular complexity index is 360. The van der Waals surface area contributed by atoms with Gasteiger partial charge in [0, 0.05) is 10.5 Å². The summed E-state index contributed by atoms with van der Waals surface area (Å²) in [5, 5.41) is 3.72. The highest BCUT2D eigenvalue weighted by molar-refractivity contribution is 9.10. The fourth-order valence-electron chi connectivity index (χ4n) is 2.67. The van der Waals surface area contributed by atoms with Gasteiger partial charge in [0.05, 0.1) is 0 Å². The molecule has 1 atom stereocenters. The third-order valence-electron chi connectivity index (χ3n) is 3.90. The summed E-state index contributed by atoms with van der Waals surface area (Å²) in [6.07, 6.45) is 8.08. The molecule has 1 aliphatic carbocycles. The van der Waals surface area contributed by atoms with Crippen LogP contribution in [0.5, 0.6) is 0 Å². The zero-order valence-corrected chi connectivity index (χ0v) is 12.9. The van der Waals surface area contributed by atoms with Crippen molar-refractivity contribution in [2.45, 2.75) is 51.5 Å². The van der Waals surface area contributed by atoms with Crippen molar-refractivity contribution in [3.8, 4) is 0 Å². The van der Waals surface area contributed by atoms with Crippen molar-refractivity contribution in [2.24, 2.45) is 5.92 Å². The normalized spacial score (nSPS) is 17.4. The van der Waals surface area contributed by atoms with Gasteiger partial charge in [-0.15, -0.1) is 0 Å². The molecule has 2 rings (SSSR count). The van der Waals surface area contributed by atoms with Crippen LogP contribution in [-0.4, -0.2) is 12.6 Å². The van der Waals surface area contributed by atoms with Gasteiger partial charge in [0.15, 0.2) is 0 Å². The van der Waals surface area contributed by atoms with Gasteiger partial charge < -0.3 is 5.32 Å². The number of nitrogens with one attached hydrogen (secondary N) is 1. The fourth-order valence-corrected chi connectivity index (χ4v) is 3.11. The van der Waals surface area contributed by atoms with Crippen molar-refractivity contribution in [3.05, 3.63) is 34.3 Å². The molecule has 0 aliphatic heterocycles. The van der Waals surface area contributed by atoms with E-state index < -0.39 is 0 Å². The molecule has 0 saturated heterocycles. The molecule has 1 aromatic rings. The van der Waals surface area contributed by atoms with E-state index in [9.17, 15) is 0 Å². The van der Waals surface area contributed by atoms with Gasteiger partial charge in [-0.1, -0.05) is 54.2 Å². The number of benzene rings is 1. The maximum atomic E-state index is 3.72. The van der Waals surface area contributed by atoms with Gasteiger partial charge in [-0.05, 0) is 49.4 Å². The van der Waals surface area contributed by atoms with Gasteiger partial charge >= 0.3 is 0 Å². The third-order valence-corrected chi connectivity index (χ3v) is 4.39. The molecule has 1 aromatic carbocycles. The molecule has 0 amide bonds. The van der Waals surface area contributed by atoms with Crippen LogP contribution in [-0.2, 0) is 6.42 Å². The predicted molar refractivity (Wildman–Crippen MR) is 81.9 cm³/mol. The molecule has 1 saturated carbocycles. The third kappa shape index (κ3) is 4.40. The average molecular weight is 310 g/mol. The summed E-state index contributed by atoms with van der Waals surface area (Å²) in [5.74, 6) is 0.978. The zero-order valence-electron chi connectivity index (χ0n) is 11.3. The maximum absolute atomic E-state index is 3.72. The molecule has 1 nitrogen and oxygen atoms in total. The molecule has 0 radical (unpaired) electrons. The SMILES string of the molecule is CCCNC(Cc1cccc(Br)c1)CC1CCC1. The van der Waals surface area contributed by atoms with Gasteiger partial charge in [0.2, 0.25) is 0 Å². The van der Waals surface area contributed by atoms with Crippen molar-refractivity contribution >= 4 is 15.9 Å². The first-order chi connectivity index (χ1) is 8.78. The zero-order chi connectivity index (χ0) is 12.8. The summed E-state index contributed by atoms with van der Waals surface area (Å²) in [7, 11) is 0. The van der Waals surface area contributed by atoms with E-state index >= 15 is 0 Å². The van der Waals surface area contributed by atoms with E-state index in [0.29, 0.717) is 6.04 Å². The van der Waals surface area contributed by atoms with Crippen LogP contribution in [0.3, 0.4) is 0 Å². The highest BCUT2D eigenvalue weighted by Gasteiger charge is 2.21. The molecule has 100 valence electrons. The summed E-state index contributed by atoms with van der Waals surface area (Å²) in [4.78, 5) is 0. The van der Waals surface area contributed by atoms with Crippen LogP contribution in [0.4, 0.5) is 0 Å². The van der Waals surface area contributed by atoms with Gasteiger partial charge in [-0.3, -0.25) is 0 Å². The smallest absolute Gasteiger partial charge is 0.0178 e. The molecule has 1 fully saturated rings. The second kappa shape index (κ2) is 7.30. The maximum Gasteiger partial charge on any atom is 0.0178 e. The summed E-state index contributed by atoms with van der Waals surface area (Å²) >= 11 is 3.56. The highest BCUT2D eigenvalue weighted by atomic mass is 79.9. The van der Waals surface area contributed by atoms with Crippen molar-refractivity contribution in [2.75, 3.05) is 6.54 Å². The first kappa shape index (κ1) is 14.1. The molecule has 0 bridgehead atoms. The molecular formula is C16H24BrN. The van der Waals surface area contributed by atoms with Crippen molar-refractivity contribution in [3.63, 3.8) is 0 Å². The molecule has 0 spiro atoms. The van der Waals surface area contributed by atoms with Crippen LogP contribution in [0.25, 0.3) is 0 Å². The van der Waals surface area contributed by atoms with E-state index in [1.807, 2.05) is 0 Å². The van der Waals surface area contributed by atoms with E-state index in [1.54, 1.807) is 0 Å². The van der Waals surface area contributed by atoms with Crippen LogP contribution in [0.1, 0.15) is 44.6 Å². The second-order valence-electron chi connectivity index (χ2n) is 5.52. The molecule has 1 unspecified atom stereocenters. The van der Waals surface area contributed by atoms with E-state index in [2.05, 4.69) is 52.4 Å². The summed E-state index contributed by atoms with van der Waals surface area (Å²) in [5.41, 5.74) is 1.44. The Balaban J connectivity index is 1.90. The van der Waals surface area contributed by atoms with Gasteiger partial charge in [0.1, 0.15) is 0 Å². The molecular weight excluding hydrogens is 286 g/mol. The van der Waals surface area contributed by atoms with Crippen LogP contribution in [0, 0.1) is 5.92 Å². The molecule has 18 heavy (non-hydrogen) atoms. The van der Waals surface area contributed by atoms with E-state index in [4.69, 9.17) is 0 Å². The van der Waals surface area contributed by atoms with Crippen molar-refractivity contribution < 1.29 is 0 Å². The number of rotatable bonds is 7. The predicted octanol–water partition coefficient (Wildman–Crippen LogP) is 4.55. The molecule has 1 aliphatic rings. The minimum absolute atomic E-state index is 0.657. The van der Waals surface area contributed by atoms with E-state index in [0.717, 1.165) is 18.9 Å². The Hall–Kier alpha value is -0.340. The van der Waals surface area contributed by atoms with Gasteiger partial charge in [-0.2, -0.15) is 0 Å². The summed E-state index contributed by atoms with van der Waals surface area (Å²) < 4.78 is 1.19. The first-order valence-corrected chi connectivity index (χ1v) is 8.05. The minimum Gasteiger partial charge on any atom is -0.314 e. The van der Waals surface area contributed by atoms with Crippen molar-refractivity contribution in [1.29, 1.82) is 0 Å². The van der Waals surface area contributed by atoms with E-state index in [1.165, 1.54) is 42.1 Å². The Morgan fingerprint density at radius 2 is 2.22 bits per heavy atom. The minimum atomic E-state index is 0.657. The summed E-state index contributed by atoms with van der Waals surface area (Å²) in [6.45, 7) is 3.39. The lowest BCUT2D eigenvalue weighted by molar-refractivity contribution is 0.259. The lowest BCUT2D eigenvalue weighted by Crippen LogP contribution is -2.35. The lowest BCUT2D eigenvalue weighted by atomic mass is 9.80. The number of hydrogen-bond acceptors (Lipinski definition) is 1. The first-order valence-electron chi connectivity index (χ1n) is 7.25. The molecule has 1 N–H and O–H groups in total. The largest absolute Gasteiger partial charge is 0.314 e. The summed E-state index contributed by atoms with van der Waals surface area (Å²) in [6, 6.07) is 9.39. The lowest BCUT2D eigenvalue weighted by Gasteiger charge is -2.30. The van der Waals surface area contributed by atoms with Gasteiger partial charge in [0.25, 0.3) is 0 Å². The van der Waals surface area contributed by atoms with Crippen molar-refractivity contribution in [1.82, 2.24) is 5.32 Å². The molecule has 0 aromatic heterocycles. The Morgan fingerprint density at radius 3 is 2.83 bits per heavy atom. The standard InChI is InChI=1S/C16H24BrN/c1-2-9-18-16(11-13-5-3-6-13)12-14-7-4-8-15(17)10-14/h4,7-8,10,13,16,18H,2-3,5-6,9,11-12H2,1H3. The number of hydrogen-bond donors (Lipinski definition) is 1. The van der Waals surface area contributed by atoms with Crippen LogP contribution >= 0.6 is 15.9 Å². The monoisotopic (exact) mass is 309 g/mol. The average Bonchev–Trinajstić information content (AvgIpc) is 2.30.